The zero-order valence-corrected chi connectivity index (χ0v) is 12.2. The molecule has 0 aliphatic rings. The molecule has 0 spiro atoms. The van der Waals surface area contributed by atoms with Gasteiger partial charge in [0.2, 0.25) is 0 Å². The molecule has 0 heterocycles. The van der Waals surface area contributed by atoms with Gasteiger partial charge < -0.3 is 14.7 Å². The predicted molar refractivity (Wildman–Crippen MR) is 75.3 cm³/mol. The highest BCUT2D eigenvalue weighted by Gasteiger charge is 2.19. The van der Waals surface area contributed by atoms with Crippen LogP contribution < -0.4 is 4.90 Å². The van der Waals surface area contributed by atoms with Crippen molar-refractivity contribution in [3.8, 4) is 0 Å². The molecule has 0 atom stereocenters. The van der Waals surface area contributed by atoms with E-state index in [1.54, 1.807) is 38.3 Å². The fraction of sp³-hybridized carbons (Fsp3) is 0.538. The molecule has 0 unspecified atom stereocenters. The number of benzene rings is 1. The summed E-state index contributed by atoms with van der Waals surface area (Å²) in [7, 11) is -1.69. The van der Waals surface area contributed by atoms with Gasteiger partial charge in [-0.3, -0.25) is 0 Å². The van der Waals surface area contributed by atoms with Gasteiger partial charge in [0.15, 0.2) is 9.84 Å². The zero-order valence-electron chi connectivity index (χ0n) is 11.4. The van der Waals surface area contributed by atoms with Gasteiger partial charge in [-0.1, -0.05) is 19.1 Å². The average molecular weight is 287 g/mol. The van der Waals surface area contributed by atoms with Crippen molar-refractivity contribution in [1.29, 1.82) is 0 Å². The van der Waals surface area contributed by atoms with Crippen molar-refractivity contribution in [1.82, 2.24) is 0 Å². The first-order valence-corrected chi connectivity index (χ1v) is 7.88. The van der Waals surface area contributed by atoms with Crippen molar-refractivity contribution in [2.24, 2.45) is 0 Å². The molecule has 0 aliphatic carbocycles. The number of ether oxygens (including phenoxy) is 1. The van der Waals surface area contributed by atoms with Crippen LogP contribution in [0.5, 0.6) is 0 Å². The quantitative estimate of drug-likeness (QED) is 0.770. The maximum Gasteiger partial charge on any atom is 0.180 e. The van der Waals surface area contributed by atoms with Crippen LogP contribution in [0.15, 0.2) is 29.2 Å². The van der Waals surface area contributed by atoms with Crippen molar-refractivity contribution in [2.75, 3.05) is 44.1 Å². The topological polar surface area (TPSA) is 66.8 Å². The second-order valence-corrected chi connectivity index (χ2v) is 6.32. The van der Waals surface area contributed by atoms with Crippen molar-refractivity contribution in [3.05, 3.63) is 24.3 Å². The molecule has 108 valence electrons. The molecule has 0 bridgehead atoms. The predicted octanol–water partition coefficient (Wildman–Crippen LogP) is 0.925. The van der Waals surface area contributed by atoms with Crippen LogP contribution in [0.2, 0.25) is 0 Å². The number of hydrogen-bond donors (Lipinski definition) is 1. The summed E-state index contributed by atoms with van der Waals surface area (Å²) in [6, 6.07) is 6.86. The first-order chi connectivity index (χ1) is 9.06. The molecule has 1 aromatic carbocycles. The molecule has 5 nitrogen and oxygen atoms in total. The molecule has 0 aliphatic heterocycles. The van der Waals surface area contributed by atoms with E-state index in [4.69, 9.17) is 9.84 Å². The Balaban J connectivity index is 3.15. The van der Waals surface area contributed by atoms with E-state index in [1.165, 1.54) is 0 Å². The maximum absolute atomic E-state index is 12.1. The number of nitrogens with zero attached hydrogens (tertiary/aromatic N) is 1. The molecule has 0 amide bonds. The standard InChI is InChI=1S/C13H21NO4S/c1-3-19(16,17)13-7-5-4-6-12(13)14(8-10-15)9-11-18-2/h4-7,15H,3,8-11H2,1-2H3. The Bertz CT molecular complexity index is 487. The summed E-state index contributed by atoms with van der Waals surface area (Å²) >= 11 is 0. The molecule has 1 aromatic rings. The van der Waals surface area contributed by atoms with Crippen LogP contribution in [0.4, 0.5) is 5.69 Å². The van der Waals surface area contributed by atoms with E-state index >= 15 is 0 Å². The van der Waals surface area contributed by atoms with Gasteiger partial charge in [-0.2, -0.15) is 0 Å². The Hall–Kier alpha value is -1.11. The van der Waals surface area contributed by atoms with E-state index in [-0.39, 0.29) is 12.4 Å². The van der Waals surface area contributed by atoms with Gasteiger partial charge in [-0.25, -0.2) is 8.42 Å². The van der Waals surface area contributed by atoms with Gasteiger partial charge >= 0.3 is 0 Å². The highest BCUT2D eigenvalue weighted by atomic mass is 32.2. The van der Waals surface area contributed by atoms with E-state index in [1.807, 2.05) is 4.90 Å². The zero-order chi connectivity index (χ0) is 14.3. The molecular weight excluding hydrogens is 266 g/mol. The highest BCUT2D eigenvalue weighted by molar-refractivity contribution is 7.91. The van der Waals surface area contributed by atoms with Crippen molar-refractivity contribution < 1.29 is 18.3 Å². The SMILES string of the molecule is CCS(=O)(=O)c1ccccc1N(CCO)CCOC. The smallest absolute Gasteiger partial charge is 0.180 e. The Morgan fingerprint density at radius 2 is 1.95 bits per heavy atom. The van der Waals surface area contributed by atoms with Crippen LogP contribution in [0, 0.1) is 0 Å². The first-order valence-electron chi connectivity index (χ1n) is 6.23. The molecule has 6 heteroatoms. The minimum Gasteiger partial charge on any atom is -0.395 e. The summed E-state index contributed by atoms with van der Waals surface area (Å²) in [6.07, 6.45) is 0. The normalized spacial score (nSPS) is 11.5. The number of hydrogen-bond acceptors (Lipinski definition) is 5. The molecule has 0 fully saturated rings. The largest absolute Gasteiger partial charge is 0.395 e. The minimum absolute atomic E-state index is 0.0375. The van der Waals surface area contributed by atoms with Crippen molar-refractivity contribution in [3.63, 3.8) is 0 Å². The monoisotopic (exact) mass is 287 g/mol. The first kappa shape index (κ1) is 15.9. The number of rotatable bonds is 8. The Kier molecular flexibility index (Phi) is 6.27. The van der Waals surface area contributed by atoms with Crippen LogP contribution in [-0.4, -0.2) is 52.7 Å². The van der Waals surface area contributed by atoms with E-state index < -0.39 is 9.84 Å². The van der Waals surface area contributed by atoms with Crippen LogP contribution in [0.3, 0.4) is 0 Å². The summed E-state index contributed by atoms with van der Waals surface area (Å²) in [6.45, 7) is 2.97. The van der Waals surface area contributed by atoms with Gasteiger partial charge in [0.1, 0.15) is 0 Å². The lowest BCUT2D eigenvalue weighted by molar-refractivity contribution is 0.202. The average Bonchev–Trinajstić information content (AvgIpc) is 2.43. The Morgan fingerprint density at radius 1 is 1.26 bits per heavy atom. The number of para-hydroxylation sites is 1. The van der Waals surface area contributed by atoms with E-state index in [2.05, 4.69) is 0 Å². The highest BCUT2D eigenvalue weighted by Crippen LogP contribution is 2.25. The molecule has 1 rings (SSSR count). The minimum atomic E-state index is -3.28. The summed E-state index contributed by atoms with van der Waals surface area (Å²) < 4.78 is 29.2. The third-order valence-electron chi connectivity index (χ3n) is 2.86. The number of sulfone groups is 1. The maximum atomic E-state index is 12.1. The fourth-order valence-corrected chi connectivity index (χ4v) is 2.92. The second-order valence-electron chi connectivity index (χ2n) is 4.07. The third-order valence-corrected chi connectivity index (χ3v) is 4.63. The summed E-state index contributed by atoms with van der Waals surface area (Å²) in [4.78, 5) is 2.13. The summed E-state index contributed by atoms with van der Waals surface area (Å²) in [5.41, 5.74) is 0.621. The Morgan fingerprint density at radius 3 is 2.53 bits per heavy atom. The van der Waals surface area contributed by atoms with Gasteiger partial charge in [0.25, 0.3) is 0 Å². The molecule has 19 heavy (non-hydrogen) atoms. The van der Waals surface area contributed by atoms with Gasteiger partial charge in [0.05, 0.1) is 29.5 Å². The second kappa shape index (κ2) is 7.47. The van der Waals surface area contributed by atoms with Gasteiger partial charge in [-0.15, -0.1) is 0 Å². The van der Waals surface area contributed by atoms with Crippen LogP contribution in [0.1, 0.15) is 6.92 Å². The van der Waals surface area contributed by atoms with E-state index in [0.29, 0.717) is 30.3 Å². The lowest BCUT2D eigenvalue weighted by atomic mass is 10.3. The molecule has 0 saturated heterocycles. The Labute approximate surface area is 114 Å². The van der Waals surface area contributed by atoms with Gasteiger partial charge in [0, 0.05) is 20.2 Å². The lowest BCUT2D eigenvalue weighted by Crippen LogP contribution is -2.31. The molecule has 0 radical (unpaired) electrons. The molecular formula is C13H21NO4S. The summed E-state index contributed by atoms with van der Waals surface area (Å²) in [5.74, 6) is 0.0568. The van der Waals surface area contributed by atoms with Crippen LogP contribution in [-0.2, 0) is 14.6 Å². The number of methoxy groups -OCH3 is 1. The number of aliphatic hydroxyl groups is 1. The molecule has 0 aromatic heterocycles. The summed E-state index contributed by atoms with van der Waals surface area (Å²) in [5, 5.41) is 9.12. The van der Waals surface area contributed by atoms with Crippen molar-refractivity contribution >= 4 is 15.5 Å². The van der Waals surface area contributed by atoms with Crippen LogP contribution in [0.25, 0.3) is 0 Å². The van der Waals surface area contributed by atoms with Crippen LogP contribution >= 0.6 is 0 Å². The van der Waals surface area contributed by atoms with Gasteiger partial charge in [-0.05, 0) is 12.1 Å². The van der Waals surface area contributed by atoms with Crippen molar-refractivity contribution in [2.45, 2.75) is 11.8 Å². The van der Waals surface area contributed by atoms with E-state index in [0.717, 1.165) is 0 Å². The fourth-order valence-electron chi connectivity index (χ4n) is 1.81. The van der Waals surface area contributed by atoms with E-state index in [9.17, 15) is 8.42 Å². The number of anilines is 1. The lowest BCUT2D eigenvalue weighted by Gasteiger charge is -2.25. The molecule has 1 N–H and O–H groups in total. The third kappa shape index (κ3) is 4.19. The molecule has 0 saturated carbocycles. The number of aliphatic hydroxyl groups excluding tert-OH is 1.